The van der Waals surface area contributed by atoms with Crippen molar-refractivity contribution in [3.05, 3.63) is 0 Å². The van der Waals surface area contributed by atoms with Crippen molar-refractivity contribution in [3.63, 3.8) is 0 Å². The van der Waals surface area contributed by atoms with Crippen LogP contribution < -0.4 is 0 Å². The quantitative estimate of drug-likeness (QED) is 0.306. The Morgan fingerprint density at radius 3 is 1.59 bits per heavy atom. The minimum atomic E-state index is -2.14. The van der Waals surface area contributed by atoms with Gasteiger partial charge in [0.2, 0.25) is 0 Å². The summed E-state index contributed by atoms with van der Waals surface area (Å²) in [7, 11) is 0. The molecule has 1 aliphatic rings. The maximum atomic E-state index is 10.5. The number of aliphatic hydroxyl groups is 4. The molecule has 0 amide bonds. The maximum Gasteiger partial charge on any atom is 0.335 e. The van der Waals surface area contributed by atoms with Crippen LogP contribution in [0.3, 0.4) is 0 Å². The van der Waals surface area contributed by atoms with E-state index in [4.69, 9.17) is 30.3 Å². The molecule has 17 heavy (non-hydrogen) atoms. The van der Waals surface area contributed by atoms with E-state index in [2.05, 4.69) is 0 Å². The summed E-state index contributed by atoms with van der Waals surface area (Å²) in [5.74, 6) is -2.34. The lowest BCUT2D eigenvalue weighted by molar-refractivity contribution is -0.187. The monoisotopic (exact) mass is 252 g/mol. The van der Waals surface area contributed by atoms with Crippen LogP contribution in [0.5, 0.6) is 0 Å². The van der Waals surface area contributed by atoms with Gasteiger partial charge in [0.15, 0.2) is 5.60 Å². The average molecular weight is 252 g/mol. The fourth-order valence-electron chi connectivity index (χ4n) is 1.45. The molecule has 0 unspecified atom stereocenters. The average Bonchev–Trinajstić information content (AvgIpc) is 2.13. The Morgan fingerprint density at radius 2 is 1.35 bits per heavy atom. The van der Waals surface area contributed by atoms with E-state index in [0.29, 0.717) is 0 Å². The first-order valence-corrected chi connectivity index (χ1v) is 4.79. The van der Waals surface area contributed by atoms with Crippen molar-refractivity contribution in [3.8, 4) is 0 Å². The van der Waals surface area contributed by atoms with E-state index >= 15 is 0 Å². The lowest BCUT2D eigenvalue weighted by Crippen LogP contribution is -2.56. The number of hydrogen-bond acceptors (Lipinski definition) is 6. The predicted molar refractivity (Wildman–Crippen MR) is 53.1 cm³/mol. The molecule has 0 radical (unpaired) electrons. The lowest BCUT2D eigenvalue weighted by atomic mass is 9.80. The van der Waals surface area contributed by atoms with Crippen molar-refractivity contribution in [2.45, 2.75) is 43.7 Å². The van der Waals surface area contributed by atoms with Gasteiger partial charge in [-0.1, -0.05) is 0 Å². The van der Waals surface area contributed by atoms with E-state index < -0.39 is 48.7 Å². The zero-order valence-corrected chi connectivity index (χ0v) is 9.15. The summed E-state index contributed by atoms with van der Waals surface area (Å²) in [6.45, 7) is 1.08. The molecular weight excluding hydrogens is 236 g/mol. The Morgan fingerprint density at radius 1 is 1.06 bits per heavy atom. The lowest BCUT2D eigenvalue weighted by Gasteiger charge is -2.37. The Hall–Kier alpha value is -1.22. The third kappa shape index (κ3) is 4.65. The predicted octanol–water partition coefficient (Wildman–Crippen LogP) is -2.23. The second-order valence-electron chi connectivity index (χ2n) is 3.89. The molecule has 0 aromatic heterocycles. The van der Waals surface area contributed by atoms with Crippen LogP contribution in [-0.2, 0) is 9.59 Å². The molecule has 0 aliphatic heterocycles. The highest BCUT2D eigenvalue weighted by molar-refractivity contribution is 5.77. The fourth-order valence-corrected chi connectivity index (χ4v) is 1.45. The van der Waals surface area contributed by atoms with Gasteiger partial charge < -0.3 is 30.6 Å². The van der Waals surface area contributed by atoms with Crippen LogP contribution in [0.25, 0.3) is 0 Å². The second-order valence-corrected chi connectivity index (χ2v) is 3.89. The number of aliphatic carboxylic acids is 2. The normalized spacial score (nSPS) is 36.6. The van der Waals surface area contributed by atoms with Crippen LogP contribution in [0, 0.1) is 0 Å². The standard InChI is InChI=1S/C7H12O6.C2H4O2/c8-3-1-7(13,6(11)12)2-4(9)5(3)10;1-2(3)4/h3-5,8-10,13H,1-2H2,(H,11,12);1H3,(H,3,4)/t3-,4-,5?,7?;/m1./s1. The van der Waals surface area contributed by atoms with E-state index in [-0.39, 0.29) is 0 Å². The van der Waals surface area contributed by atoms with Crippen LogP contribution in [-0.4, -0.2) is 66.5 Å². The molecular formula is C9H16O8. The van der Waals surface area contributed by atoms with Gasteiger partial charge in [-0.25, -0.2) is 4.79 Å². The molecule has 0 spiro atoms. The van der Waals surface area contributed by atoms with Crippen LogP contribution in [0.15, 0.2) is 0 Å². The minimum absolute atomic E-state index is 0.472. The first kappa shape index (κ1) is 15.8. The van der Waals surface area contributed by atoms with Crippen molar-refractivity contribution < 1.29 is 40.2 Å². The maximum absolute atomic E-state index is 10.5. The highest BCUT2D eigenvalue weighted by atomic mass is 16.4. The smallest absolute Gasteiger partial charge is 0.335 e. The van der Waals surface area contributed by atoms with Crippen LogP contribution in [0.1, 0.15) is 19.8 Å². The Balaban J connectivity index is 0.000000557. The largest absolute Gasteiger partial charge is 0.481 e. The van der Waals surface area contributed by atoms with Gasteiger partial charge in [-0.3, -0.25) is 4.79 Å². The summed E-state index contributed by atoms with van der Waals surface area (Å²) < 4.78 is 0. The number of aliphatic hydroxyl groups excluding tert-OH is 3. The van der Waals surface area contributed by atoms with E-state index in [1.54, 1.807) is 0 Å². The highest BCUT2D eigenvalue weighted by Crippen LogP contribution is 2.29. The van der Waals surface area contributed by atoms with Crippen molar-refractivity contribution >= 4 is 11.9 Å². The number of hydrogen-bond donors (Lipinski definition) is 6. The molecule has 1 aliphatic carbocycles. The molecule has 0 aromatic rings. The molecule has 1 fully saturated rings. The van der Waals surface area contributed by atoms with Crippen molar-refractivity contribution in [2.75, 3.05) is 0 Å². The zero-order valence-electron chi connectivity index (χ0n) is 9.15. The van der Waals surface area contributed by atoms with Gasteiger partial charge >= 0.3 is 5.97 Å². The Labute approximate surface area is 96.7 Å². The summed E-state index contributed by atoms with van der Waals surface area (Å²) in [5.41, 5.74) is -2.14. The number of carboxylic acids is 2. The summed E-state index contributed by atoms with van der Waals surface area (Å²) in [6, 6.07) is 0. The topological polar surface area (TPSA) is 156 Å². The third-order valence-corrected chi connectivity index (χ3v) is 2.28. The van der Waals surface area contributed by atoms with E-state index in [9.17, 15) is 9.90 Å². The van der Waals surface area contributed by atoms with Gasteiger partial charge in [0.1, 0.15) is 6.10 Å². The fraction of sp³-hybridized carbons (Fsp3) is 0.778. The zero-order chi connectivity index (χ0) is 13.8. The van der Waals surface area contributed by atoms with E-state index in [0.717, 1.165) is 6.92 Å². The van der Waals surface area contributed by atoms with E-state index in [1.165, 1.54) is 0 Å². The minimum Gasteiger partial charge on any atom is -0.481 e. The van der Waals surface area contributed by atoms with Crippen LogP contribution >= 0.6 is 0 Å². The van der Waals surface area contributed by atoms with Crippen molar-refractivity contribution in [1.82, 2.24) is 0 Å². The first-order chi connectivity index (χ1) is 7.60. The molecule has 0 saturated heterocycles. The Kier molecular flexibility index (Phi) is 5.49. The summed E-state index contributed by atoms with van der Waals surface area (Å²) in [6.07, 6.45) is -5.16. The molecule has 100 valence electrons. The summed E-state index contributed by atoms with van der Waals surface area (Å²) in [5, 5.41) is 52.6. The van der Waals surface area contributed by atoms with Gasteiger partial charge in [-0.05, 0) is 0 Å². The molecule has 0 bridgehead atoms. The van der Waals surface area contributed by atoms with Crippen molar-refractivity contribution in [2.24, 2.45) is 0 Å². The van der Waals surface area contributed by atoms with E-state index in [1.807, 2.05) is 0 Å². The summed E-state index contributed by atoms with van der Waals surface area (Å²) in [4.78, 5) is 19.5. The van der Waals surface area contributed by atoms with Crippen molar-refractivity contribution in [1.29, 1.82) is 0 Å². The van der Waals surface area contributed by atoms with Crippen LogP contribution in [0.4, 0.5) is 0 Å². The number of rotatable bonds is 1. The molecule has 1 saturated carbocycles. The molecule has 8 nitrogen and oxygen atoms in total. The molecule has 2 atom stereocenters. The van der Waals surface area contributed by atoms with Gasteiger partial charge in [0.05, 0.1) is 12.2 Å². The van der Waals surface area contributed by atoms with Gasteiger partial charge in [-0.2, -0.15) is 0 Å². The third-order valence-electron chi connectivity index (χ3n) is 2.28. The molecule has 0 heterocycles. The Bertz CT molecular complexity index is 273. The number of carboxylic acid groups (broad SMARTS) is 2. The summed E-state index contributed by atoms with van der Waals surface area (Å²) >= 11 is 0. The van der Waals surface area contributed by atoms with Gasteiger partial charge in [0.25, 0.3) is 5.97 Å². The second kappa shape index (κ2) is 5.92. The van der Waals surface area contributed by atoms with Gasteiger partial charge in [-0.15, -0.1) is 0 Å². The first-order valence-electron chi connectivity index (χ1n) is 4.79. The SMILES string of the molecule is CC(=O)O.O=C(O)C1(O)C[C@@H](O)C(O)[C@H](O)C1. The molecule has 6 N–H and O–H groups in total. The van der Waals surface area contributed by atoms with Gasteiger partial charge in [0, 0.05) is 19.8 Å². The number of carbonyl (C=O) groups is 2. The molecule has 1 rings (SSSR count). The van der Waals surface area contributed by atoms with Crippen LogP contribution in [0.2, 0.25) is 0 Å². The highest BCUT2D eigenvalue weighted by Gasteiger charge is 2.48. The molecule has 8 heteroatoms. The molecule has 0 aromatic carbocycles.